The van der Waals surface area contributed by atoms with Gasteiger partial charge in [0.05, 0.1) is 11.1 Å². The quantitative estimate of drug-likeness (QED) is 0.0358. The van der Waals surface area contributed by atoms with E-state index in [-0.39, 0.29) is 22.6 Å². The van der Waals surface area contributed by atoms with Gasteiger partial charge in [0.1, 0.15) is 35.8 Å². The fourth-order valence-corrected chi connectivity index (χ4v) is 9.47. The van der Waals surface area contributed by atoms with Gasteiger partial charge in [-0.25, -0.2) is 19.2 Å². The highest BCUT2D eigenvalue weighted by molar-refractivity contribution is 5.97. The molecule has 2 aliphatic rings. The van der Waals surface area contributed by atoms with Crippen molar-refractivity contribution >= 4 is 23.9 Å². The second-order valence-electron chi connectivity index (χ2n) is 18.5. The molecule has 0 heterocycles. The molecule has 0 saturated heterocycles. The first-order valence-corrected chi connectivity index (χ1v) is 24.7. The molecule has 2 saturated carbocycles. The fraction of sp³-hybridized carbons (Fsp3) is 0.564. The summed E-state index contributed by atoms with van der Waals surface area (Å²) in [6, 6.07) is 18.5. The molecule has 11 heteroatoms. The normalized spacial score (nSPS) is 18.6. The number of ether oxygens (including phenoxy) is 4. The lowest BCUT2D eigenvalue weighted by atomic mass is 9.77. The maximum atomic E-state index is 13.5. The van der Waals surface area contributed by atoms with Crippen LogP contribution in [0.1, 0.15) is 209 Å². The van der Waals surface area contributed by atoms with Gasteiger partial charge in [0.15, 0.2) is 0 Å². The van der Waals surface area contributed by atoms with Gasteiger partial charge >= 0.3 is 30.1 Å². The summed E-state index contributed by atoms with van der Waals surface area (Å²) in [7, 11) is 0. The summed E-state index contributed by atoms with van der Waals surface area (Å²) >= 11 is 0. The molecule has 0 aromatic heterocycles. The van der Waals surface area contributed by atoms with Crippen molar-refractivity contribution in [3.63, 3.8) is 0 Å². The van der Waals surface area contributed by atoms with Crippen LogP contribution in [0.4, 0.5) is 13.2 Å². The molecule has 0 N–H and O–H groups in total. The molecule has 5 rings (SSSR count). The minimum atomic E-state index is -4.98. The number of alkyl halides is 3. The van der Waals surface area contributed by atoms with Crippen LogP contribution >= 0.6 is 0 Å². The van der Waals surface area contributed by atoms with E-state index in [9.17, 15) is 32.3 Å². The van der Waals surface area contributed by atoms with Gasteiger partial charge in [0, 0.05) is 0 Å². The zero-order valence-corrected chi connectivity index (χ0v) is 39.2. The number of unbranched alkanes of at least 4 members (excludes halogenated alkanes) is 10. The highest BCUT2D eigenvalue weighted by Gasteiger charge is 2.38. The van der Waals surface area contributed by atoms with Crippen LogP contribution in [0.2, 0.25) is 0 Å². The van der Waals surface area contributed by atoms with Gasteiger partial charge in [-0.1, -0.05) is 135 Å². The molecule has 0 unspecified atom stereocenters. The lowest BCUT2D eigenvalue weighted by Gasteiger charge is -2.29. The maximum Gasteiger partial charge on any atom is 0.422 e. The summed E-state index contributed by atoms with van der Waals surface area (Å²) < 4.78 is 59.7. The third-order valence-electron chi connectivity index (χ3n) is 13.6. The molecule has 66 heavy (non-hydrogen) atoms. The number of carbonyl (C=O) groups excluding carboxylic acids is 4. The van der Waals surface area contributed by atoms with Crippen molar-refractivity contribution in [2.24, 2.45) is 11.8 Å². The number of rotatable bonds is 25. The Balaban J connectivity index is 1.18. The zero-order chi connectivity index (χ0) is 47.3. The van der Waals surface area contributed by atoms with Gasteiger partial charge in [-0.15, -0.1) is 0 Å². The lowest BCUT2D eigenvalue weighted by molar-refractivity contribution is -0.151. The number of halogens is 3. The lowest BCUT2D eigenvalue weighted by Crippen LogP contribution is -2.23. The van der Waals surface area contributed by atoms with Crippen LogP contribution in [0.25, 0.3) is 0 Å². The molecule has 0 spiro atoms. The van der Waals surface area contributed by atoms with E-state index in [1.165, 1.54) is 139 Å². The molecule has 0 bridgehead atoms. The average molecular weight is 917 g/mol. The topological polar surface area (TPSA) is 105 Å². The smallest absolute Gasteiger partial charge is 0.422 e. The Morgan fingerprint density at radius 1 is 0.545 bits per heavy atom. The number of esters is 4. The summed E-state index contributed by atoms with van der Waals surface area (Å²) in [5.74, 6) is -2.01. The summed E-state index contributed by atoms with van der Waals surface area (Å²) in [5.41, 5.74) is 0.915. The van der Waals surface area contributed by atoms with Gasteiger partial charge in [-0.3, -0.25) is 0 Å². The number of hydrogen-bond acceptors (Lipinski definition) is 8. The Kier molecular flexibility index (Phi) is 21.3. The van der Waals surface area contributed by atoms with E-state index >= 15 is 0 Å². The Hall–Kier alpha value is -4.93. The van der Waals surface area contributed by atoms with Gasteiger partial charge < -0.3 is 18.9 Å². The Morgan fingerprint density at radius 2 is 0.985 bits per heavy atom. The van der Waals surface area contributed by atoms with Crippen LogP contribution < -0.4 is 9.47 Å². The summed E-state index contributed by atoms with van der Waals surface area (Å²) in [4.78, 5) is 51.9. The predicted molar refractivity (Wildman–Crippen MR) is 251 cm³/mol. The standard InChI is InChI=1S/C55H71F3O8/c1-4-6-8-10-12-14-16-40-18-22-42(23-19-40)44-26-30-46(31-27-44)52(60)65-48-34-35-50(49(38-48)54(62)64-37-36-63-51(59)39(3)55(56,57)58)66-53(61)47-32-28-45(29-33-47)43-24-20-41(21-25-43)17-15-13-11-9-7-5-2/h26-35,38,40-43H,3-25,36-37H2,1-2H3. The van der Waals surface area contributed by atoms with Gasteiger partial charge in [0.2, 0.25) is 0 Å². The Bertz CT molecular complexity index is 1990. The van der Waals surface area contributed by atoms with E-state index in [1.807, 2.05) is 24.3 Å². The van der Waals surface area contributed by atoms with Crippen molar-refractivity contribution in [1.29, 1.82) is 0 Å². The van der Waals surface area contributed by atoms with E-state index in [0.29, 0.717) is 17.4 Å². The molecule has 0 radical (unpaired) electrons. The van der Waals surface area contributed by atoms with E-state index in [0.717, 1.165) is 43.1 Å². The van der Waals surface area contributed by atoms with E-state index in [1.54, 1.807) is 24.3 Å². The molecule has 0 aliphatic heterocycles. The summed E-state index contributed by atoms with van der Waals surface area (Å²) in [6.07, 6.45) is 22.6. The van der Waals surface area contributed by atoms with Crippen molar-refractivity contribution in [2.45, 2.75) is 173 Å². The number of hydrogen-bond donors (Lipinski definition) is 0. The Morgan fingerprint density at radius 3 is 1.45 bits per heavy atom. The van der Waals surface area contributed by atoms with Crippen molar-refractivity contribution in [1.82, 2.24) is 0 Å². The maximum absolute atomic E-state index is 13.5. The molecule has 8 nitrogen and oxygen atoms in total. The highest BCUT2D eigenvalue weighted by atomic mass is 19.4. The first kappa shape index (κ1) is 52.0. The number of benzene rings is 3. The minimum Gasteiger partial charge on any atom is -0.458 e. The molecule has 2 aliphatic carbocycles. The molecule has 360 valence electrons. The molecule has 3 aromatic rings. The van der Waals surface area contributed by atoms with Gasteiger partial charge in [0.25, 0.3) is 0 Å². The van der Waals surface area contributed by atoms with E-state index in [2.05, 4.69) is 25.2 Å². The van der Waals surface area contributed by atoms with Crippen molar-refractivity contribution in [2.75, 3.05) is 13.2 Å². The third-order valence-corrected chi connectivity index (χ3v) is 13.6. The molecular weight excluding hydrogens is 846 g/mol. The summed E-state index contributed by atoms with van der Waals surface area (Å²) in [6.45, 7) is 5.86. The average Bonchev–Trinajstić information content (AvgIpc) is 3.32. The highest BCUT2D eigenvalue weighted by Crippen LogP contribution is 2.39. The largest absolute Gasteiger partial charge is 0.458 e. The second-order valence-corrected chi connectivity index (χ2v) is 18.5. The van der Waals surface area contributed by atoms with Crippen LogP contribution in [-0.4, -0.2) is 43.3 Å². The van der Waals surface area contributed by atoms with Crippen LogP contribution in [0.15, 0.2) is 78.9 Å². The molecule has 3 aromatic carbocycles. The van der Waals surface area contributed by atoms with E-state index < -0.39 is 48.8 Å². The predicted octanol–water partition coefficient (Wildman–Crippen LogP) is 15.0. The first-order valence-electron chi connectivity index (χ1n) is 24.7. The fourth-order valence-electron chi connectivity index (χ4n) is 9.47. The minimum absolute atomic E-state index is 0.0431. The van der Waals surface area contributed by atoms with E-state index in [4.69, 9.17) is 14.2 Å². The van der Waals surface area contributed by atoms with Crippen LogP contribution in [-0.2, 0) is 14.3 Å². The molecular formula is C55H71F3O8. The van der Waals surface area contributed by atoms with Crippen LogP contribution in [0.3, 0.4) is 0 Å². The van der Waals surface area contributed by atoms with Gasteiger partial charge in [-0.2, -0.15) is 13.2 Å². The van der Waals surface area contributed by atoms with Crippen molar-refractivity contribution in [3.8, 4) is 11.5 Å². The van der Waals surface area contributed by atoms with Crippen molar-refractivity contribution in [3.05, 3.63) is 107 Å². The number of carbonyl (C=O) groups is 4. The van der Waals surface area contributed by atoms with Crippen molar-refractivity contribution < 1.29 is 51.3 Å². The zero-order valence-electron chi connectivity index (χ0n) is 39.2. The molecule has 2 fully saturated rings. The third kappa shape index (κ3) is 16.7. The second kappa shape index (κ2) is 27.0. The summed E-state index contributed by atoms with van der Waals surface area (Å²) in [5, 5.41) is 0. The van der Waals surface area contributed by atoms with Gasteiger partial charge in [-0.05, 0) is 129 Å². The van der Waals surface area contributed by atoms with Crippen LogP contribution in [0, 0.1) is 11.8 Å². The Labute approximate surface area is 390 Å². The first-order chi connectivity index (χ1) is 31.9. The molecule has 0 amide bonds. The monoisotopic (exact) mass is 917 g/mol. The molecule has 0 atom stereocenters. The van der Waals surface area contributed by atoms with Crippen LogP contribution in [0.5, 0.6) is 11.5 Å². The SMILES string of the molecule is C=C(C(=O)OCCOC(=O)c1cc(OC(=O)c2ccc(C3CCC(CCCCCCCC)CC3)cc2)ccc1OC(=O)c1ccc(C2CCC(CCCCCCCC)CC2)cc1)C(F)(F)F.